The van der Waals surface area contributed by atoms with Gasteiger partial charge in [-0.15, -0.1) is 0 Å². The number of carbonyl (C=O) groups is 1. The summed E-state index contributed by atoms with van der Waals surface area (Å²) in [6.45, 7) is 3.41. The highest BCUT2D eigenvalue weighted by Crippen LogP contribution is 2.32. The molecule has 0 spiro atoms. The average molecular weight is 358 g/mol. The lowest BCUT2D eigenvalue weighted by Gasteiger charge is -2.31. The molecule has 6 heteroatoms. The zero-order chi connectivity index (χ0) is 18.1. The molecular formula is C19H16F2N2OS. The minimum atomic E-state index is -0.969. The van der Waals surface area contributed by atoms with Crippen molar-refractivity contribution in [3.63, 3.8) is 0 Å². The number of hydrogen-bond donors (Lipinski definition) is 2. The predicted molar refractivity (Wildman–Crippen MR) is 96.7 cm³/mol. The van der Waals surface area contributed by atoms with E-state index in [2.05, 4.69) is 10.6 Å². The van der Waals surface area contributed by atoms with Crippen molar-refractivity contribution in [3.05, 3.63) is 76.4 Å². The lowest BCUT2D eigenvalue weighted by Crippen LogP contribution is -2.44. The molecule has 2 N–H and O–H groups in total. The molecule has 0 amide bonds. The Bertz CT molecular complexity index is 891. The van der Waals surface area contributed by atoms with E-state index >= 15 is 0 Å². The van der Waals surface area contributed by atoms with E-state index in [1.165, 1.54) is 13.0 Å². The maximum Gasteiger partial charge on any atom is 0.171 e. The first-order chi connectivity index (χ1) is 11.9. The third-order valence-electron chi connectivity index (χ3n) is 4.07. The molecule has 0 aromatic heterocycles. The normalized spacial score (nSPS) is 17.1. The molecule has 0 bridgehead atoms. The van der Waals surface area contributed by atoms with Crippen molar-refractivity contribution in [2.75, 3.05) is 0 Å². The number of carbonyl (C=O) groups excluding carboxylic acids is 1. The first-order valence-corrected chi connectivity index (χ1v) is 8.12. The van der Waals surface area contributed by atoms with Crippen LogP contribution in [-0.4, -0.2) is 10.9 Å². The Balaban J connectivity index is 2.17. The van der Waals surface area contributed by atoms with Gasteiger partial charge in [0.1, 0.15) is 0 Å². The Hall–Kier alpha value is -2.60. The zero-order valence-corrected chi connectivity index (χ0v) is 14.5. The summed E-state index contributed by atoms with van der Waals surface area (Å²) in [5.41, 5.74) is 3.31. The number of hydrogen-bond acceptors (Lipinski definition) is 2. The number of benzene rings is 2. The van der Waals surface area contributed by atoms with Crippen molar-refractivity contribution in [1.29, 1.82) is 0 Å². The molecule has 1 atom stereocenters. The van der Waals surface area contributed by atoms with Gasteiger partial charge in [0.05, 0.1) is 11.7 Å². The van der Waals surface area contributed by atoms with Gasteiger partial charge in [0.2, 0.25) is 0 Å². The van der Waals surface area contributed by atoms with Crippen LogP contribution in [0.5, 0.6) is 0 Å². The number of thiocarbonyl (C=S) groups is 1. The number of rotatable bonds is 3. The summed E-state index contributed by atoms with van der Waals surface area (Å²) < 4.78 is 26.9. The highest BCUT2D eigenvalue weighted by atomic mass is 32.1. The molecule has 2 aromatic rings. The molecule has 128 valence electrons. The van der Waals surface area contributed by atoms with Crippen LogP contribution in [-0.2, 0) is 4.79 Å². The van der Waals surface area contributed by atoms with Gasteiger partial charge in [-0.05, 0) is 49.3 Å². The topological polar surface area (TPSA) is 41.1 Å². The van der Waals surface area contributed by atoms with Crippen LogP contribution >= 0.6 is 12.2 Å². The molecule has 1 aliphatic rings. The van der Waals surface area contributed by atoms with Crippen molar-refractivity contribution in [1.82, 2.24) is 10.6 Å². The van der Waals surface area contributed by atoms with Gasteiger partial charge in [-0.25, -0.2) is 8.78 Å². The molecule has 0 radical (unpaired) electrons. The van der Waals surface area contributed by atoms with E-state index < -0.39 is 17.7 Å². The Morgan fingerprint density at radius 1 is 1.08 bits per heavy atom. The molecule has 2 aromatic carbocycles. The third-order valence-corrected chi connectivity index (χ3v) is 4.29. The maximum atomic E-state index is 13.7. The van der Waals surface area contributed by atoms with Gasteiger partial charge in [-0.1, -0.05) is 35.9 Å². The van der Waals surface area contributed by atoms with Crippen LogP contribution in [0, 0.1) is 18.6 Å². The van der Waals surface area contributed by atoms with Crippen molar-refractivity contribution >= 4 is 28.8 Å². The predicted octanol–water partition coefficient (Wildman–Crippen LogP) is 3.79. The highest BCUT2D eigenvalue weighted by molar-refractivity contribution is 7.80. The monoisotopic (exact) mass is 358 g/mol. The lowest BCUT2D eigenvalue weighted by molar-refractivity contribution is -0.113. The van der Waals surface area contributed by atoms with E-state index in [0.717, 1.165) is 23.3 Å². The smallest absolute Gasteiger partial charge is 0.171 e. The van der Waals surface area contributed by atoms with Crippen molar-refractivity contribution in [2.45, 2.75) is 19.9 Å². The van der Waals surface area contributed by atoms with E-state index in [1.54, 1.807) is 0 Å². The standard InChI is InChI=1S/C19H16F2N2OS/c1-10-3-5-12(6-4-10)17-16(11(2)24)18(23-19(25)22-17)13-7-8-14(20)15(21)9-13/h3-9,18H,1-2H3,(H2,22,23,25)/t18-/m1/s1. The van der Waals surface area contributed by atoms with Crippen LogP contribution in [0.3, 0.4) is 0 Å². The van der Waals surface area contributed by atoms with Crippen LogP contribution in [0.1, 0.15) is 29.7 Å². The van der Waals surface area contributed by atoms with Crippen molar-refractivity contribution < 1.29 is 13.6 Å². The van der Waals surface area contributed by atoms with E-state index in [-0.39, 0.29) is 5.78 Å². The second-order valence-electron chi connectivity index (χ2n) is 5.92. The molecule has 0 saturated carbocycles. The minimum Gasteiger partial charge on any atom is -0.351 e. The SMILES string of the molecule is CC(=O)C1=C(c2ccc(C)cc2)NC(=S)N[C@@H]1c1ccc(F)c(F)c1. The highest BCUT2D eigenvalue weighted by Gasteiger charge is 2.30. The van der Waals surface area contributed by atoms with E-state index in [4.69, 9.17) is 12.2 Å². The zero-order valence-electron chi connectivity index (χ0n) is 13.7. The summed E-state index contributed by atoms with van der Waals surface area (Å²) in [5, 5.41) is 6.31. The van der Waals surface area contributed by atoms with Gasteiger partial charge in [-0.3, -0.25) is 4.79 Å². The fourth-order valence-corrected chi connectivity index (χ4v) is 3.05. The Morgan fingerprint density at radius 2 is 1.76 bits per heavy atom. The summed E-state index contributed by atoms with van der Waals surface area (Å²) in [4.78, 5) is 12.3. The molecule has 3 nitrogen and oxygen atoms in total. The van der Waals surface area contributed by atoms with Crippen LogP contribution in [0.25, 0.3) is 5.70 Å². The van der Waals surface area contributed by atoms with Crippen LogP contribution in [0.2, 0.25) is 0 Å². The molecule has 0 fully saturated rings. The molecule has 0 aliphatic carbocycles. The average Bonchev–Trinajstić information content (AvgIpc) is 2.57. The summed E-state index contributed by atoms with van der Waals surface area (Å²) >= 11 is 5.25. The molecule has 0 unspecified atom stereocenters. The summed E-state index contributed by atoms with van der Waals surface area (Å²) in [7, 11) is 0. The van der Waals surface area contributed by atoms with Crippen molar-refractivity contribution in [2.24, 2.45) is 0 Å². The first kappa shape index (κ1) is 17.2. The number of Topliss-reactive ketones (excluding diaryl/α,β-unsaturated/α-hetero) is 1. The Labute approximate surface area is 149 Å². The number of nitrogens with one attached hydrogen (secondary N) is 2. The second kappa shape index (κ2) is 6.72. The first-order valence-electron chi connectivity index (χ1n) is 7.71. The fourth-order valence-electron chi connectivity index (χ4n) is 2.83. The summed E-state index contributed by atoms with van der Waals surface area (Å²) in [6.07, 6.45) is 0. The van der Waals surface area contributed by atoms with Gasteiger partial charge in [0.15, 0.2) is 22.5 Å². The van der Waals surface area contributed by atoms with Gasteiger partial charge in [-0.2, -0.15) is 0 Å². The van der Waals surface area contributed by atoms with E-state index in [1.807, 2.05) is 31.2 Å². The minimum absolute atomic E-state index is 0.187. The Kier molecular flexibility index (Phi) is 4.63. The number of ketones is 1. The van der Waals surface area contributed by atoms with Gasteiger partial charge in [0.25, 0.3) is 0 Å². The third kappa shape index (κ3) is 3.44. The molecule has 3 rings (SSSR count). The van der Waals surface area contributed by atoms with Gasteiger partial charge in [0, 0.05) is 5.57 Å². The van der Waals surface area contributed by atoms with E-state index in [0.29, 0.717) is 21.9 Å². The second-order valence-corrected chi connectivity index (χ2v) is 6.32. The summed E-state index contributed by atoms with van der Waals surface area (Å²) in [5.74, 6) is -2.09. The fraction of sp³-hybridized carbons (Fsp3) is 0.158. The Morgan fingerprint density at radius 3 is 2.36 bits per heavy atom. The molecular weight excluding hydrogens is 342 g/mol. The largest absolute Gasteiger partial charge is 0.351 e. The van der Waals surface area contributed by atoms with Crippen LogP contribution in [0.15, 0.2) is 48.0 Å². The van der Waals surface area contributed by atoms with Gasteiger partial charge >= 0.3 is 0 Å². The molecule has 1 heterocycles. The van der Waals surface area contributed by atoms with Crippen molar-refractivity contribution in [3.8, 4) is 0 Å². The van der Waals surface area contributed by atoms with Crippen LogP contribution in [0.4, 0.5) is 8.78 Å². The molecule has 25 heavy (non-hydrogen) atoms. The summed E-state index contributed by atoms with van der Waals surface area (Å²) in [6, 6.07) is 10.5. The maximum absolute atomic E-state index is 13.7. The molecule has 0 saturated heterocycles. The van der Waals surface area contributed by atoms with E-state index in [9.17, 15) is 13.6 Å². The molecule has 1 aliphatic heterocycles. The number of halogens is 2. The van der Waals surface area contributed by atoms with Gasteiger partial charge < -0.3 is 10.6 Å². The number of aryl methyl sites for hydroxylation is 1. The lowest BCUT2D eigenvalue weighted by atomic mass is 9.90. The quantitative estimate of drug-likeness (QED) is 0.819. The van der Waals surface area contributed by atoms with Crippen LogP contribution < -0.4 is 10.6 Å².